The Morgan fingerprint density at radius 2 is 2.00 bits per heavy atom. The van der Waals surface area contributed by atoms with Gasteiger partial charge in [-0.2, -0.15) is 0 Å². The second kappa shape index (κ2) is 3.21. The van der Waals surface area contributed by atoms with E-state index < -0.39 is 0 Å². The number of halogens is 1. The maximum atomic E-state index is 8.70. The van der Waals surface area contributed by atoms with Crippen LogP contribution in [0.1, 0.15) is 5.56 Å². The zero-order chi connectivity index (χ0) is 8.43. The van der Waals surface area contributed by atoms with E-state index in [4.69, 9.17) is 10.4 Å². The van der Waals surface area contributed by atoms with E-state index in [-0.39, 0.29) is 5.23 Å². The molecular formula is C7H8BrNO2. The van der Waals surface area contributed by atoms with E-state index in [1.807, 2.05) is 6.07 Å². The molecule has 0 aliphatic carbocycles. The quantitative estimate of drug-likeness (QED) is 0.711. The molecule has 4 heteroatoms. The lowest BCUT2D eigenvalue weighted by Crippen LogP contribution is -2.12. The van der Waals surface area contributed by atoms with Gasteiger partial charge in [0.1, 0.15) is 0 Å². The Bertz CT molecular complexity index is 263. The van der Waals surface area contributed by atoms with Crippen LogP contribution in [-0.2, 0) is 0 Å². The van der Waals surface area contributed by atoms with Gasteiger partial charge < -0.3 is 0 Å². The van der Waals surface area contributed by atoms with Crippen molar-refractivity contribution in [3.05, 3.63) is 28.2 Å². The van der Waals surface area contributed by atoms with E-state index in [0.717, 1.165) is 10.0 Å². The van der Waals surface area contributed by atoms with Gasteiger partial charge in [-0.05, 0) is 24.6 Å². The van der Waals surface area contributed by atoms with Crippen LogP contribution in [0.25, 0.3) is 0 Å². The van der Waals surface area contributed by atoms with Crippen molar-refractivity contribution in [2.24, 2.45) is 0 Å². The molecule has 2 N–H and O–H groups in total. The van der Waals surface area contributed by atoms with Gasteiger partial charge in [-0.1, -0.05) is 22.0 Å². The van der Waals surface area contributed by atoms with Gasteiger partial charge in [0.15, 0.2) is 0 Å². The highest BCUT2D eigenvalue weighted by Crippen LogP contribution is 2.24. The first kappa shape index (κ1) is 8.52. The number of rotatable bonds is 1. The van der Waals surface area contributed by atoms with Crippen LogP contribution < -0.4 is 5.23 Å². The van der Waals surface area contributed by atoms with Crippen molar-refractivity contribution in [3.8, 4) is 0 Å². The van der Waals surface area contributed by atoms with E-state index in [2.05, 4.69) is 15.9 Å². The summed E-state index contributed by atoms with van der Waals surface area (Å²) < 4.78 is 0.850. The maximum Gasteiger partial charge on any atom is 0.0983 e. The first-order valence-electron chi connectivity index (χ1n) is 3.06. The molecule has 0 radical (unpaired) electrons. The highest BCUT2D eigenvalue weighted by Gasteiger charge is 2.04. The van der Waals surface area contributed by atoms with E-state index >= 15 is 0 Å². The summed E-state index contributed by atoms with van der Waals surface area (Å²) in [6.07, 6.45) is 0. The average Bonchev–Trinajstić information content (AvgIpc) is 1.94. The van der Waals surface area contributed by atoms with Crippen LogP contribution >= 0.6 is 15.9 Å². The third-order valence-electron chi connectivity index (χ3n) is 1.45. The number of benzene rings is 1. The summed E-state index contributed by atoms with van der Waals surface area (Å²) in [4.78, 5) is 0. The van der Waals surface area contributed by atoms with Crippen LogP contribution in [0.15, 0.2) is 22.7 Å². The van der Waals surface area contributed by atoms with Gasteiger partial charge >= 0.3 is 0 Å². The fraction of sp³-hybridized carbons (Fsp3) is 0.143. The van der Waals surface area contributed by atoms with Gasteiger partial charge in [0, 0.05) is 4.47 Å². The topological polar surface area (TPSA) is 43.7 Å². The summed E-state index contributed by atoms with van der Waals surface area (Å²) in [5.74, 6) is 0. The molecule has 0 aromatic heterocycles. The zero-order valence-corrected chi connectivity index (χ0v) is 7.54. The summed E-state index contributed by atoms with van der Waals surface area (Å²) in [6.45, 7) is 1.79. The molecule has 0 aliphatic rings. The summed E-state index contributed by atoms with van der Waals surface area (Å²) in [5, 5.41) is 17.5. The molecule has 0 fully saturated rings. The minimum atomic E-state index is 0.111. The van der Waals surface area contributed by atoms with Gasteiger partial charge in [0.2, 0.25) is 0 Å². The van der Waals surface area contributed by atoms with Gasteiger partial charge in [-0.25, -0.2) is 0 Å². The van der Waals surface area contributed by atoms with E-state index in [0.29, 0.717) is 5.69 Å². The monoisotopic (exact) mass is 217 g/mol. The fourth-order valence-corrected chi connectivity index (χ4v) is 1.17. The molecule has 0 heterocycles. The standard InChI is InChI=1S/C7H8BrNO2/c1-5-6(8)3-2-4-7(5)9(10)11/h2-4,10-11H,1H3. The summed E-state index contributed by atoms with van der Waals surface area (Å²) in [5.41, 5.74) is 1.16. The third-order valence-corrected chi connectivity index (χ3v) is 2.31. The summed E-state index contributed by atoms with van der Waals surface area (Å²) in [6, 6.07) is 5.17. The molecule has 0 unspecified atom stereocenters. The largest absolute Gasteiger partial charge is 0.264 e. The lowest BCUT2D eigenvalue weighted by atomic mass is 10.2. The molecule has 3 nitrogen and oxygen atoms in total. The molecular weight excluding hydrogens is 210 g/mol. The van der Waals surface area contributed by atoms with Crippen molar-refractivity contribution < 1.29 is 10.4 Å². The normalized spacial score (nSPS) is 9.82. The Morgan fingerprint density at radius 3 is 2.45 bits per heavy atom. The van der Waals surface area contributed by atoms with Crippen molar-refractivity contribution in [2.75, 3.05) is 5.23 Å². The van der Waals surface area contributed by atoms with E-state index in [9.17, 15) is 0 Å². The van der Waals surface area contributed by atoms with Gasteiger partial charge in [0.05, 0.1) is 5.69 Å². The van der Waals surface area contributed by atoms with Crippen LogP contribution in [0.4, 0.5) is 5.69 Å². The Hall–Kier alpha value is -0.580. The molecule has 0 atom stereocenters. The Morgan fingerprint density at radius 1 is 1.36 bits per heavy atom. The molecule has 0 spiro atoms. The fourth-order valence-electron chi connectivity index (χ4n) is 0.813. The molecule has 1 aromatic rings. The van der Waals surface area contributed by atoms with Crippen molar-refractivity contribution in [2.45, 2.75) is 6.92 Å². The zero-order valence-electron chi connectivity index (χ0n) is 5.95. The number of nitrogens with zero attached hydrogens (tertiary/aromatic N) is 1. The van der Waals surface area contributed by atoms with E-state index in [1.165, 1.54) is 0 Å². The smallest absolute Gasteiger partial charge is 0.0983 e. The second-order valence-corrected chi connectivity index (χ2v) is 3.03. The van der Waals surface area contributed by atoms with Crippen molar-refractivity contribution in [1.82, 2.24) is 0 Å². The molecule has 0 saturated carbocycles. The number of hydrogen-bond donors (Lipinski definition) is 2. The minimum absolute atomic E-state index is 0.111. The Kier molecular flexibility index (Phi) is 2.49. The Labute approximate surface area is 72.9 Å². The molecule has 1 aromatic carbocycles. The second-order valence-electron chi connectivity index (χ2n) is 2.17. The van der Waals surface area contributed by atoms with Crippen LogP contribution in [0, 0.1) is 6.92 Å². The highest BCUT2D eigenvalue weighted by atomic mass is 79.9. The van der Waals surface area contributed by atoms with Crippen molar-refractivity contribution >= 4 is 21.6 Å². The summed E-state index contributed by atoms with van der Waals surface area (Å²) in [7, 11) is 0. The molecule has 11 heavy (non-hydrogen) atoms. The molecule has 0 aliphatic heterocycles. The third kappa shape index (κ3) is 1.71. The predicted octanol–water partition coefficient (Wildman–Crippen LogP) is 2.34. The van der Waals surface area contributed by atoms with Crippen molar-refractivity contribution in [1.29, 1.82) is 0 Å². The molecule has 60 valence electrons. The highest BCUT2D eigenvalue weighted by molar-refractivity contribution is 9.10. The number of hydrogen-bond acceptors (Lipinski definition) is 3. The molecule has 0 bridgehead atoms. The van der Waals surface area contributed by atoms with Crippen LogP contribution in [-0.4, -0.2) is 10.4 Å². The predicted molar refractivity (Wildman–Crippen MR) is 44.9 cm³/mol. The first-order valence-corrected chi connectivity index (χ1v) is 3.85. The van der Waals surface area contributed by atoms with Crippen LogP contribution in [0.5, 0.6) is 0 Å². The van der Waals surface area contributed by atoms with Gasteiger partial charge in [-0.3, -0.25) is 10.4 Å². The minimum Gasteiger partial charge on any atom is -0.264 e. The van der Waals surface area contributed by atoms with Crippen molar-refractivity contribution in [3.63, 3.8) is 0 Å². The lowest BCUT2D eigenvalue weighted by molar-refractivity contribution is 0.0288. The molecule has 0 saturated heterocycles. The summed E-state index contributed by atoms with van der Waals surface area (Å²) >= 11 is 3.27. The SMILES string of the molecule is Cc1c(Br)cccc1N(O)O. The maximum absolute atomic E-state index is 8.70. The molecule has 1 rings (SSSR count). The Balaban J connectivity index is 3.17. The number of anilines is 1. The average molecular weight is 218 g/mol. The first-order chi connectivity index (χ1) is 5.13. The van der Waals surface area contributed by atoms with Crippen LogP contribution in [0.3, 0.4) is 0 Å². The van der Waals surface area contributed by atoms with E-state index in [1.54, 1.807) is 19.1 Å². The lowest BCUT2D eigenvalue weighted by Gasteiger charge is -2.11. The van der Waals surface area contributed by atoms with Gasteiger partial charge in [-0.15, -0.1) is 5.23 Å². The van der Waals surface area contributed by atoms with Crippen LogP contribution in [0.2, 0.25) is 0 Å². The molecule has 0 amide bonds. The van der Waals surface area contributed by atoms with Gasteiger partial charge in [0.25, 0.3) is 0 Å².